The molecular formula is C6H8N3O3. The molecule has 0 saturated heterocycles. The lowest BCUT2D eigenvalue weighted by molar-refractivity contribution is -0.389. The van der Waals surface area contributed by atoms with E-state index in [1.807, 2.05) is 0 Å². The van der Waals surface area contributed by atoms with Crippen molar-refractivity contribution in [3.05, 3.63) is 28.8 Å². The Morgan fingerprint density at radius 2 is 2.50 bits per heavy atom. The fourth-order valence-electron chi connectivity index (χ4n) is 0.850. The molecule has 1 aromatic rings. The van der Waals surface area contributed by atoms with Crippen molar-refractivity contribution in [2.45, 2.75) is 13.2 Å². The Morgan fingerprint density at radius 1 is 1.83 bits per heavy atom. The molecule has 0 aliphatic heterocycles. The van der Waals surface area contributed by atoms with Crippen LogP contribution in [-0.4, -0.2) is 19.8 Å². The van der Waals surface area contributed by atoms with Gasteiger partial charge in [0.2, 0.25) is 0 Å². The highest BCUT2D eigenvalue weighted by atomic mass is 16.6. The first-order valence-electron chi connectivity index (χ1n) is 3.30. The summed E-state index contributed by atoms with van der Waals surface area (Å²) in [6.07, 6.45) is 0. The zero-order chi connectivity index (χ0) is 9.14. The molecule has 6 heteroatoms. The second-order valence-electron chi connectivity index (χ2n) is 2.13. The van der Waals surface area contributed by atoms with E-state index in [9.17, 15) is 10.1 Å². The molecule has 0 aromatic carbocycles. The van der Waals surface area contributed by atoms with Crippen molar-refractivity contribution in [2.75, 3.05) is 0 Å². The third-order valence-electron chi connectivity index (χ3n) is 1.41. The Bertz CT molecular complexity index is 273. The van der Waals surface area contributed by atoms with Gasteiger partial charge in [0.25, 0.3) is 0 Å². The first kappa shape index (κ1) is 8.66. The summed E-state index contributed by atoms with van der Waals surface area (Å²) in [5, 5.41) is 22.6. The van der Waals surface area contributed by atoms with Crippen molar-refractivity contribution in [3.63, 3.8) is 0 Å². The lowest BCUT2D eigenvalue weighted by Gasteiger charge is -1.92. The third-order valence-corrected chi connectivity index (χ3v) is 1.41. The molecule has 12 heavy (non-hydrogen) atoms. The molecule has 65 valence electrons. The Hall–Kier alpha value is -1.43. The second-order valence-corrected chi connectivity index (χ2v) is 2.13. The number of hydrogen-bond donors (Lipinski definition) is 1. The normalized spacial score (nSPS) is 10.2. The van der Waals surface area contributed by atoms with E-state index in [0.717, 1.165) is 0 Å². The van der Waals surface area contributed by atoms with Crippen molar-refractivity contribution in [3.8, 4) is 0 Å². The van der Waals surface area contributed by atoms with Gasteiger partial charge >= 0.3 is 5.82 Å². The van der Waals surface area contributed by atoms with Crippen molar-refractivity contribution in [1.82, 2.24) is 9.78 Å². The van der Waals surface area contributed by atoms with Gasteiger partial charge in [0.1, 0.15) is 0 Å². The van der Waals surface area contributed by atoms with Gasteiger partial charge in [0, 0.05) is 0 Å². The lowest BCUT2D eigenvalue weighted by atomic mass is 10.4. The van der Waals surface area contributed by atoms with Crippen molar-refractivity contribution >= 4 is 5.82 Å². The quantitative estimate of drug-likeness (QED) is 0.516. The molecule has 1 heterocycles. The fourth-order valence-corrected chi connectivity index (χ4v) is 0.850. The van der Waals surface area contributed by atoms with Crippen LogP contribution in [0.3, 0.4) is 0 Å². The maximum atomic E-state index is 10.2. The summed E-state index contributed by atoms with van der Waals surface area (Å²) in [7, 11) is 0. The second kappa shape index (κ2) is 3.31. The maximum absolute atomic E-state index is 10.2. The van der Waals surface area contributed by atoms with Crippen LogP contribution in [0, 0.1) is 17.0 Å². The van der Waals surface area contributed by atoms with Crippen LogP contribution in [0.15, 0.2) is 6.07 Å². The summed E-state index contributed by atoms with van der Waals surface area (Å²) in [5.41, 5.74) is 0.400. The predicted octanol–water partition coefficient (Wildman–Crippen LogP) is 0.118. The summed E-state index contributed by atoms with van der Waals surface area (Å²) in [4.78, 5) is 9.62. The number of nitrogens with zero attached hydrogens (tertiary/aromatic N) is 3. The first-order valence-corrected chi connectivity index (χ1v) is 3.30. The van der Waals surface area contributed by atoms with E-state index in [1.165, 1.54) is 10.7 Å². The Kier molecular flexibility index (Phi) is 2.39. The smallest absolute Gasteiger partial charge is 0.390 e. The molecular weight excluding hydrogens is 162 g/mol. The van der Waals surface area contributed by atoms with Gasteiger partial charge in [-0.2, -0.15) is 4.68 Å². The Balaban J connectivity index is 3.05. The van der Waals surface area contributed by atoms with E-state index in [0.29, 0.717) is 5.69 Å². The standard InChI is InChI=1S/C6H8N3O3/c1-2-8-5(4-10)3-6(7-8)9(11)12/h3,10H,1-2,4H2. The van der Waals surface area contributed by atoms with Crippen LogP contribution < -0.4 is 0 Å². The van der Waals surface area contributed by atoms with Crippen LogP contribution in [0.4, 0.5) is 5.82 Å². The van der Waals surface area contributed by atoms with Crippen LogP contribution in [0.25, 0.3) is 0 Å². The molecule has 0 spiro atoms. The topological polar surface area (TPSA) is 81.2 Å². The van der Waals surface area contributed by atoms with Gasteiger partial charge < -0.3 is 15.2 Å². The molecule has 6 nitrogen and oxygen atoms in total. The SMILES string of the molecule is [CH2]Cn1nc([N+](=O)[O-])cc1CO. The number of nitro groups is 1. The van der Waals surface area contributed by atoms with Crippen LogP contribution in [0.2, 0.25) is 0 Å². The summed E-state index contributed by atoms with van der Waals surface area (Å²) in [6.45, 7) is 3.50. The fraction of sp³-hybridized carbons (Fsp3) is 0.333. The van der Waals surface area contributed by atoms with E-state index in [-0.39, 0.29) is 19.0 Å². The minimum atomic E-state index is -0.606. The number of hydrogen-bond acceptors (Lipinski definition) is 4. The summed E-state index contributed by atoms with van der Waals surface area (Å²) < 4.78 is 1.29. The van der Waals surface area contributed by atoms with E-state index < -0.39 is 4.92 Å². The first-order chi connectivity index (χ1) is 5.69. The van der Waals surface area contributed by atoms with Gasteiger partial charge in [-0.05, 0) is 11.8 Å². The molecule has 0 fully saturated rings. The number of aromatic nitrogens is 2. The summed E-state index contributed by atoms with van der Waals surface area (Å²) in [5.74, 6) is -0.261. The Morgan fingerprint density at radius 3 is 2.83 bits per heavy atom. The molecule has 0 amide bonds. The van der Waals surface area contributed by atoms with Crippen LogP contribution in [-0.2, 0) is 13.2 Å². The lowest BCUT2D eigenvalue weighted by Crippen LogP contribution is -2.02. The maximum Gasteiger partial charge on any atom is 0.390 e. The van der Waals surface area contributed by atoms with Crippen LogP contribution in [0.5, 0.6) is 0 Å². The van der Waals surface area contributed by atoms with Gasteiger partial charge in [-0.3, -0.25) is 0 Å². The molecule has 0 atom stereocenters. The molecule has 0 bridgehead atoms. The molecule has 1 N–H and O–H groups in total. The van der Waals surface area contributed by atoms with Crippen molar-refractivity contribution in [2.24, 2.45) is 0 Å². The number of aliphatic hydroxyl groups excluding tert-OH is 1. The van der Waals surface area contributed by atoms with E-state index in [1.54, 1.807) is 0 Å². The zero-order valence-corrected chi connectivity index (χ0v) is 6.30. The number of rotatable bonds is 3. The van der Waals surface area contributed by atoms with Crippen molar-refractivity contribution < 1.29 is 10.0 Å². The largest absolute Gasteiger partial charge is 0.390 e. The average Bonchev–Trinajstić information content (AvgIpc) is 2.46. The van der Waals surface area contributed by atoms with Crippen molar-refractivity contribution in [1.29, 1.82) is 0 Å². The summed E-state index contributed by atoms with van der Waals surface area (Å²) in [6, 6.07) is 1.23. The predicted molar refractivity (Wildman–Crippen MR) is 40.2 cm³/mol. The van der Waals surface area contributed by atoms with Gasteiger partial charge in [-0.15, -0.1) is 0 Å². The van der Waals surface area contributed by atoms with Gasteiger partial charge in [0.15, 0.2) is 0 Å². The molecule has 0 saturated carbocycles. The highest BCUT2D eigenvalue weighted by Gasteiger charge is 2.15. The minimum Gasteiger partial charge on any atom is -0.390 e. The molecule has 0 aliphatic rings. The third kappa shape index (κ3) is 1.42. The molecule has 0 aliphatic carbocycles. The van der Waals surface area contributed by atoms with E-state index >= 15 is 0 Å². The van der Waals surface area contributed by atoms with Crippen LogP contribution >= 0.6 is 0 Å². The minimum absolute atomic E-state index is 0.261. The monoisotopic (exact) mass is 170 g/mol. The van der Waals surface area contributed by atoms with Crippen LogP contribution in [0.1, 0.15) is 5.69 Å². The number of aliphatic hydroxyl groups is 1. The van der Waals surface area contributed by atoms with E-state index in [2.05, 4.69) is 12.0 Å². The summed E-state index contributed by atoms with van der Waals surface area (Å²) >= 11 is 0. The highest BCUT2D eigenvalue weighted by molar-refractivity contribution is 5.21. The molecule has 1 aromatic heterocycles. The van der Waals surface area contributed by atoms with E-state index in [4.69, 9.17) is 5.11 Å². The van der Waals surface area contributed by atoms with Gasteiger partial charge in [-0.1, -0.05) is 0 Å². The van der Waals surface area contributed by atoms with Gasteiger partial charge in [0.05, 0.1) is 30.0 Å². The Labute approximate surface area is 68.6 Å². The zero-order valence-electron chi connectivity index (χ0n) is 6.30. The molecule has 1 radical (unpaired) electrons. The average molecular weight is 170 g/mol. The van der Waals surface area contributed by atoms with Gasteiger partial charge in [-0.25, -0.2) is 0 Å². The highest BCUT2D eigenvalue weighted by Crippen LogP contribution is 2.11. The molecule has 1 rings (SSSR count). The molecule has 0 unspecified atom stereocenters.